The lowest BCUT2D eigenvalue weighted by atomic mass is 10.1. The van der Waals surface area contributed by atoms with Crippen LogP contribution in [0.4, 0.5) is 5.82 Å². The Bertz CT molecular complexity index is 847. The third kappa shape index (κ3) is 3.21. The van der Waals surface area contributed by atoms with Gasteiger partial charge < -0.3 is 15.2 Å². The molecule has 1 heterocycles. The van der Waals surface area contributed by atoms with Crippen molar-refractivity contribution in [3.05, 3.63) is 59.9 Å². The third-order valence-electron chi connectivity index (χ3n) is 3.50. The molecule has 23 heavy (non-hydrogen) atoms. The van der Waals surface area contributed by atoms with Crippen molar-refractivity contribution in [1.82, 2.24) is 9.97 Å². The van der Waals surface area contributed by atoms with E-state index in [2.05, 4.69) is 15.3 Å². The van der Waals surface area contributed by atoms with Gasteiger partial charge in [0.05, 0.1) is 18.2 Å². The smallest absolute Gasteiger partial charge is 0.335 e. The second kappa shape index (κ2) is 6.31. The predicted molar refractivity (Wildman–Crippen MR) is 86.8 cm³/mol. The number of aromatic carboxylic acids is 1. The second-order valence-corrected chi connectivity index (χ2v) is 4.96. The number of hydrogen-bond donors (Lipinski definition) is 2. The van der Waals surface area contributed by atoms with Crippen LogP contribution in [-0.4, -0.2) is 28.2 Å². The fourth-order valence-electron chi connectivity index (χ4n) is 2.26. The van der Waals surface area contributed by atoms with Crippen LogP contribution in [0, 0.1) is 0 Å². The lowest BCUT2D eigenvalue weighted by Gasteiger charge is -2.09. The van der Waals surface area contributed by atoms with Crippen molar-refractivity contribution in [2.45, 2.75) is 6.54 Å². The number of carboxylic acid groups (broad SMARTS) is 1. The molecule has 1 aromatic heterocycles. The fraction of sp³-hybridized carbons (Fsp3) is 0.118. The van der Waals surface area contributed by atoms with Crippen LogP contribution in [0.3, 0.4) is 0 Å². The van der Waals surface area contributed by atoms with Gasteiger partial charge in [-0.3, -0.25) is 0 Å². The quantitative estimate of drug-likeness (QED) is 0.754. The van der Waals surface area contributed by atoms with E-state index in [1.807, 2.05) is 18.2 Å². The maximum atomic E-state index is 10.8. The first-order valence-corrected chi connectivity index (χ1v) is 7.02. The highest BCUT2D eigenvalue weighted by Gasteiger charge is 2.06. The minimum Gasteiger partial charge on any atom is -0.497 e. The van der Waals surface area contributed by atoms with E-state index in [0.717, 1.165) is 28.0 Å². The number of carbonyl (C=O) groups is 1. The van der Waals surface area contributed by atoms with Crippen LogP contribution in [0.15, 0.2) is 48.8 Å². The number of rotatable bonds is 5. The molecule has 3 rings (SSSR count). The van der Waals surface area contributed by atoms with Crippen LogP contribution in [0.5, 0.6) is 5.75 Å². The number of anilines is 1. The molecule has 0 atom stereocenters. The third-order valence-corrected chi connectivity index (χ3v) is 3.50. The van der Waals surface area contributed by atoms with Crippen molar-refractivity contribution in [2.75, 3.05) is 12.4 Å². The van der Waals surface area contributed by atoms with Gasteiger partial charge in [-0.25, -0.2) is 14.8 Å². The molecule has 0 aliphatic rings. The molecule has 0 amide bonds. The van der Waals surface area contributed by atoms with Crippen molar-refractivity contribution in [1.29, 1.82) is 0 Å². The molecule has 0 bridgehead atoms. The molecule has 0 unspecified atom stereocenters. The van der Waals surface area contributed by atoms with E-state index in [9.17, 15) is 4.79 Å². The SMILES string of the molecule is COc1ccc2c(NCc3ccc(C(=O)O)cc3)ncnc2c1. The summed E-state index contributed by atoms with van der Waals surface area (Å²) in [6, 6.07) is 12.3. The fourth-order valence-corrected chi connectivity index (χ4v) is 2.26. The summed E-state index contributed by atoms with van der Waals surface area (Å²) >= 11 is 0. The molecular formula is C17H15N3O3. The molecule has 0 saturated heterocycles. The molecule has 6 nitrogen and oxygen atoms in total. The van der Waals surface area contributed by atoms with Gasteiger partial charge in [0, 0.05) is 18.0 Å². The number of nitrogens with zero attached hydrogens (tertiary/aromatic N) is 2. The predicted octanol–water partition coefficient (Wildman–Crippen LogP) is 2.95. The Hall–Kier alpha value is -3.15. The van der Waals surface area contributed by atoms with E-state index < -0.39 is 5.97 Å². The Morgan fingerprint density at radius 1 is 1.17 bits per heavy atom. The van der Waals surface area contributed by atoms with E-state index in [-0.39, 0.29) is 5.56 Å². The topological polar surface area (TPSA) is 84.3 Å². The van der Waals surface area contributed by atoms with Gasteiger partial charge in [0.25, 0.3) is 0 Å². The number of aromatic nitrogens is 2. The van der Waals surface area contributed by atoms with E-state index >= 15 is 0 Å². The van der Waals surface area contributed by atoms with Crippen LogP contribution in [0.2, 0.25) is 0 Å². The van der Waals surface area contributed by atoms with E-state index in [1.165, 1.54) is 6.33 Å². The standard InChI is InChI=1S/C17H15N3O3/c1-23-13-6-7-14-15(8-13)19-10-20-16(14)18-9-11-2-4-12(5-3-11)17(21)22/h2-8,10H,9H2,1H3,(H,21,22)(H,18,19,20). The lowest BCUT2D eigenvalue weighted by molar-refractivity contribution is 0.0697. The van der Waals surface area contributed by atoms with Crippen LogP contribution < -0.4 is 10.1 Å². The first-order valence-electron chi connectivity index (χ1n) is 7.02. The average molecular weight is 309 g/mol. The molecule has 0 fully saturated rings. The molecule has 2 N–H and O–H groups in total. The van der Waals surface area contributed by atoms with Gasteiger partial charge in [-0.1, -0.05) is 12.1 Å². The highest BCUT2D eigenvalue weighted by Crippen LogP contribution is 2.23. The molecule has 0 aliphatic carbocycles. The number of methoxy groups -OCH3 is 1. The zero-order chi connectivity index (χ0) is 16.2. The molecule has 0 spiro atoms. The number of benzene rings is 2. The number of ether oxygens (including phenoxy) is 1. The lowest BCUT2D eigenvalue weighted by Crippen LogP contribution is -2.03. The van der Waals surface area contributed by atoms with Gasteiger partial charge in [-0.15, -0.1) is 0 Å². The molecule has 0 saturated carbocycles. The van der Waals surface area contributed by atoms with E-state index in [0.29, 0.717) is 6.54 Å². The van der Waals surface area contributed by atoms with Crippen molar-refractivity contribution in [2.24, 2.45) is 0 Å². The zero-order valence-corrected chi connectivity index (χ0v) is 12.5. The van der Waals surface area contributed by atoms with Gasteiger partial charge >= 0.3 is 5.97 Å². The van der Waals surface area contributed by atoms with E-state index in [1.54, 1.807) is 31.4 Å². The van der Waals surface area contributed by atoms with Crippen molar-refractivity contribution >= 4 is 22.7 Å². The van der Waals surface area contributed by atoms with Crippen LogP contribution >= 0.6 is 0 Å². The van der Waals surface area contributed by atoms with E-state index in [4.69, 9.17) is 9.84 Å². The van der Waals surface area contributed by atoms with Gasteiger partial charge in [0.15, 0.2) is 0 Å². The maximum Gasteiger partial charge on any atom is 0.335 e. The number of nitrogens with one attached hydrogen (secondary N) is 1. The molecule has 6 heteroatoms. The summed E-state index contributed by atoms with van der Waals surface area (Å²) in [5, 5.41) is 13.1. The summed E-state index contributed by atoms with van der Waals surface area (Å²) in [6.07, 6.45) is 1.50. The largest absolute Gasteiger partial charge is 0.497 e. The molecule has 2 aromatic carbocycles. The van der Waals surface area contributed by atoms with Crippen molar-refractivity contribution in [3.63, 3.8) is 0 Å². The van der Waals surface area contributed by atoms with Gasteiger partial charge in [0.1, 0.15) is 17.9 Å². The number of fused-ring (bicyclic) bond motifs is 1. The maximum absolute atomic E-state index is 10.8. The average Bonchev–Trinajstić information content (AvgIpc) is 2.59. The first-order chi connectivity index (χ1) is 11.2. The molecule has 0 radical (unpaired) electrons. The number of hydrogen-bond acceptors (Lipinski definition) is 5. The minimum absolute atomic E-state index is 0.272. The highest BCUT2D eigenvalue weighted by atomic mass is 16.5. The van der Waals surface area contributed by atoms with Crippen molar-refractivity contribution < 1.29 is 14.6 Å². The Labute approximate surface area is 132 Å². The summed E-state index contributed by atoms with van der Waals surface area (Å²) in [7, 11) is 1.61. The zero-order valence-electron chi connectivity index (χ0n) is 12.5. The Balaban J connectivity index is 1.80. The van der Waals surface area contributed by atoms with Gasteiger partial charge in [0.2, 0.25) is 0 Å². The molecular weight excluding hydrogens is 294 g/mol. The normalized spacial score (nSPS) is 10.5. The minimum atomic E-state index is -0.930. The molecule has 116 valence electrons. The van der Waals surface area contributed by atoms with Gasteiger partial charge in [-0.2, -0.15) is 0 Å². The highest BCUT2D eigenvalue weighted by molar-refractivity contribution is 5.90. The Morgan fingerprint density at radius 3 is 2.65 bits per heavy atom. The molecule has 3 aromatic rings. The van der Waals surface area contributed by atoms with Crippen molar-refractivity contribution in [3.8, 4) is 5.75 Å². The summed E-state index contributed by atoms with van der Waals surface area (Å²) < 4.78 is 5.19. The summed E-state index contributed by atoms with van der Waals surface area (Å²) in [4.78, 5) is 19.4. The number of carboxylic acids is 1. The van der Waals surface area contributed by atoms with Crippen LogP contribution in [0.1, 0.15) is 15.9 Å². The van der Waals surface area contributed by atoms with Crippen LogP contribution in [0.25, 0.3) is 10.9 Å². The Morgan fingerprint density at radius 2 is 1.96 bits per heavy atom. The second-order valence-electron chi connectivity index (χ2n) is 4.96. The Kier molecular flexibility index (Phi) is 4.05. The van der Waals surface area contributed by atoms with Gasteiger partial charge in [-0.05, 0) is 29.8 Å². The summed E-state index contributed by atoms with van der Waals surface area (Å²) in [5.74, 6) is 0.534. The monoisotopic (exact) mass is 309 g/mol. The summed E-state index contributed by atoms with van der Waals surface area (Å²) in [5.41, 5.74) is 2.03. The summed E-state index contributed by atoms with van der Waals surface area (Å²) in [6.45, 7) is 0.540. The van der Waals surface area contributed by atoms with Crippen LogP contribution in [-0.2, 0) is 6.54 Å². The molecule has 0 aliphatic heterocycles. The first kappa shape index (κ1) is 14.8.